The van der Waals surface area contributed by atoms with Crippen molar-refractivity contribution >= 4 is 28.3 Å². The quantitative estimate of drug-likeness (QED) is 0.370. The summed E-state index contributed by atoms with van der Waals surface area (Å²) in [6, 6.07) is 11.6. The van der Waals surface area contributed by atoms with Crippen LogP contribution in [-0.2, 0) is 23.1 Å². The van der Waals surface area contributed by atoms with Gasteiger partial charge in [-0.15, -0.1) is 11.3 Å². The molecular weight excluding hydrogens is 464 g/mol. The van der Waals surface area contributed by atoms with Crippen LogP contribution in [0.1, 0.15) is 24.2 Å². The molecule has 4 rings (SSSR count). The highest BCUT2D eigenvalue weighted by Gasteiger charge is 2.18. The Morgan fingerprint density at radius 3 is 2.60 bits per heavy atom. The summed E-state index contributed by atoms with van der Waals surface area (Å²) in [7, 11) is 3.53. The number of thiazole rings is 1. The molecule has 10 heteroatoms. The monoisotopic (exact) mass is 492 g/mol. The van der Waals surface area contributed by atoms with Crippen LogP contribution in [0.3, 0.4) is 0 Å². The van der Waals surface area contributed by atoms with Gasteiger partial charge in [-0.05, 0) is 32.0 Å². The van der Waals surface area contributed by atoms with Crippen LogP contribution in [0.2, 0.25) is 0 Å². The number of nitrogens with one attached hydrogen (secondary N) is 2. The molecule has 1 aromatic carbocycles. The van der Waals surface area contributed by atoms with Gasteiger partial charge in [0.2, 0.25) is 5.91 Å². The topological polar surface area (TPSA) is 103 Å². The van der Waals surface area contributed by atoms with Gasteiger partial charge in [-0.3, -0.25) is 14.3 Å². The smallest absolute Gasteiger partial charge is 0.253 e. The molecule has 0 radical (unpaired) electrons. The lowest BCUT2D eigenvalue weighted by atomic mass is 10.1. The van der Waals surface area contributed by atoms with Gasteiger partial charge in [0, 0.05) is 49.3 Å². The van der Waals surface area contributed by atoms with E-state index in [2.05, 4.69) is 20.7 Å². The maximum absolute atomic E-state index is 12.4. The van der Waals surface area contributed by atoms with E-state index in [0.29, 0.717) is 17.2 Å². The van der Waals surface area contributed by atoms with Crippen molar-refractivity contribution in [3.05, 3.63) is 65.9 Å². The van der Waals surface area contributed by atoms with Crippen LogP contribution in [0.5, 0.6) is 0 Å². The molecule has 0 unspecified atom stereocenters. The molecule has 0 spiro atoms. The fourth-order valence-electron chi connectivity index (χ4n) is 3.47. The maximum Gasteiger partial charge on any atom is 0.253 e. The second-order valence-electron chi connectivity index (χ2n) is 8.76. The first kappa shape index (κ1) is 24.4. The molecule has 182 valence electrons. The Labute approximate surface area is 207 Å². The summed E-state index contributed by atoms with van der Waals surface area (Å²) < 4.78 is 9.07. The first-order valence-electron chi connectivity index (χ1n) is 11.1. The average molecular weight is 493 g/mol. The zero-order chi connectivity index (χ0) is 25.0. The highest BCUT2D eigenvalue weighted by atomic mass is 32.1. The summed E-state index contributed by atoms with van der Waals surface area (Å²) in [6.45, 7) is 4.39. The predicted octanol–water partition coefficient (Wildman–Crippen LogP) is 3.81. The highest BCUT2D eigenvalue weighted by Crippen LogP contribution is 2.28. The van der Waals surface area contributed by atoms with Crippen LogP contribution in [0, 0.1) is 0 Å². The Hall–Kier alpha value is -3.76. The molecule has 3 heterocycles. The van der Waals surface area contributed by atoms with Gasteiger partial charge in [0.1, 0.15) is 0 Å². The van der Waals surface area contributed by atoms with Gasteiger partial charge >= 0.3 is 0 Å². The summed E-state index contributed by atoms with van der Waals surface area (Å²) in [5.41, 5.74) is 3.69. The van der Waals surface area contributed by atoms with E-state index in [4.69, 9.17) is 4.74 Å². The molecule has 0 bridgehead atoms. The zero-order valence-electron chi connectivity index (χ0n) is 20.1. The predicted molar refractivity (Wildman–Crippen MR) is 136 cm³/mol. The number of hydrogen-bond donors (Lipinski definition) is 2. The molecule has 0 saturated carbocycles. The third-order valence-electron chi connectivity index (χ3n) is 5.46. The SMILES string of the molecule is COC(C)(C)Cn1ccc(C(=O)NCC(=O)Nc2nc(-c3cccc(-c4ccn(C)n4)c3)cs2)c1. The Balaban J connectivity index is 1.32. The third-order valence-corrected chi connectivity index (χ3v) is 6.21. The van der Waals surface area contributed by atoms with Gasteiger partial charge in [-0.1, -0.05) is 18.2 Å². The number of benzene rings is 1. The number of methoxy groups -OCH3 is 1. The number of rotatable bonds is 9. The Morgan fingerprint density at radius 2 is 1.89 bits per heavy atom. The van der Waals surface area contributed by atoms with Crippen molar-refractivity contribution in [3.63, 3.8) is 0 Å². The molecule has 0 saturated heterocycles. The van der Waals surface area contributed by atoms with Crippen molar-refractivity contribution in [2.45, 2.75) is 26.0 Å². The number of aryl methyl sites for hydroxylation is 1. The lowest BCUT2D eigenvalue weighted by Crippen LogP contribution is -2.32. The van der Waals surface area contributed by atoms with Crippen LogP contribution < -0.4 is 10.6 Å². The number of amides is 2. The Morgan fingerprint density at radius 1 is 1.11 bits per heavy atom. The van der Waals surface area contributed by atoms with E-state index in [1.807, 2.05) is 73.6 Å². The first-order chi connectivity index (χ1) is 16.7. The summed E-state index contributed by atoms with van der Waals surface area (Å²) in [6.07, 6.45) is 5.45. The van der Waals surface area contributed by atoms with E-state index in [0.717, 1.165) is 22.5 Å². The molecule has 0 fully saturated rings. The highest BCUT2D eigenvalue weighted by molar-refractivity contribution is 7.14. The van der Waals surface area contributed by atoms with Gasteiger partial charge in [-0.2, -0.15) is 5.10 Å². The van der Waals surface area contributed by atoms with Gasteiger partial charge in [0.25, 0.3) is 5.91 Å². The fourth-order valence-corrected chi connectivity index (χ4v) is 4.21. The van der Waals surface area contributed by atoms with Crippen molar-refractivity contribution < 1.29 is 14.3 Å². The molecule has 0 aliphatic carbocycles. The average Bonchev–Trinajstić information content (AvgIpc) is 3.59. The minimum atomic E-state index is -0.348. The second kappa shape index (κ2) is 10.2. The molecular formula is C25H28N6O3S. The van der Waals surface area contributed by atoms with E-state index in [1.165, 1.54) is 11.3 Å². The molecule has 0 atom stereocenters. The van der Waals surface area contributed by atoms with Crippen LogP contribution in [0.4, 0.5) is 5.13 Å². The molecule has 2 N–H and O–H groups in total. The molecule has 9 nitrogen and oxygen atoms in total. The van der Waals surface area contributed by atoms with Crippen molar-refractivity contribution in [2.75, 3.05) is 19.0 Å². The van der Waals surface area contributed by atoms with Crippen LogP contribution in [-0.4, -0.2) is 50.4 Å². The summed E-state index contributed by atoms with van der Waals surface area (Å²) in [5, 5.41) is 12.2. The molecule has 3 aromatic heterocycles. The number of hydrogen-bond acceptors (Lipinski definition) is 6. The van der Waals surface area contributed by atoms with Gasteiger partial charge < -0.3 is 19.9 Å². The van der Waals surface area contributed by atoms with E-state index in [-0.39, 0.29) is 24.0 Å². The number of nitrogens with zero attached hydrogens (tertiary/aromatic N) is 4. The second-order valence-corrected chi connectivity index (χ2v) is 9.62. The number of carbonyl (C=O) groups is 2. The van der Waals surface area contributed by atoms with E-state index in [1.54, 1.807) is 24.1 Å². The lowest BCUT2D eigenvalue weighted by Gasteiger charge is -2.23. The van der Waals surface area contributed by atoms with Crippen molar-refractivity contribution in [1.82, 2.24) is 24.6 Å². The van der Waals surface area contributed by atoms with Crippen LogP contribution in [0.25, 0.3) is 22.5 Å². The van der Waals surface area contributed by atoms with Crippen molar-refractivity contribution in [2.24, 2.45) is 7.05 Å². The molecule has 4 aromatic rings. The van der Waals surface area contributed by atoms with Gasteiger partial charge in [0.15, 0.2) is 5.13 Å². The van der Waals surface area contributed by atoms with E-state index < -0.39 is 0 Å². The third kappa shape index (κ3) is 6.23. The molecule has 2 amide bonds. The number of anilines is 1. The molecule has 0 aliphatic heterocycles. The van der Waals surface area contributed by atoms with Gasteiger partial charge in [-0.25, -0.2) is 4.98 Å². The summed E-state index contributed by atoms with van der Waals surface area (Å²) in [5.74, 6) is -0.665. The maximum atomic E-state index is 12.4. The Kier molecular flexibility index (Phi) is 7.13. The zero-order valence-corrected chi connectivity index (χ0v) is 20.9. The minimum absolute atomic E-state index is 0.155. The molecule has 35 heavy (non-hydrogen) atoms. The van der Waals surface area contributed by atoms with Gasteiger partial charge in [0.05, 0.1) is 35.6 Å². The lowest BCUT2D eigenvalue weighted by molar-refractivity contribution is -0.115. The van der Waals surface area contributed by atoms with Crippen molar-refractivity contribution in [1.29, 1.82) is 0 Å². The molecule has 0 aliphatic rings. The van der Waals surface area contributed by atoms with E-state index in [9.17, 15) is 9.59 Å². The largest absolute Gasteiger partial charge is 0.377 e. The van der Waals surface area contributed by atoms with E-state index >= 15 is 0 Å². The minimum Gasteiger partial charge on any atom is -0.377 e. The first-order valence-corrected chi connectivity index (χ1v) is 12.0. The Bertz CT molecular complexity index is 1340. The number of ether oxygens (including phenoxy) is 1. The fraction of sp³-hybridized carbons (Fsp3) is 0.280. The normalized spacial score (nSPS) is 11.4. The number of aromatic nitrogens is 4. The number of carbonyl (C=O) groups excluding carboxylic acids is 2. The summed E-state index contributed by atoms with van der Waals surface area (Å²) >= 11 is 1.33. The van der Waals surface area contributed by atoms with Crippen molar-refractivity contribution in [3.8, 4) is 22.5 Å². The summed E-state index contributed by atoms with van der Waals surface area (Å²) in [4.78, 5) is 29.3. The standard InChI is InChI=1S/C25H28N6O3S/c1-25(2,34-4)16-31-11-8-19(14-31)23(33)26-13-22(32)28-24-27-21(15-35-24)18-7-5-6-17(12-18)20-9-10-30(3)29-20/h5-12,14-15H,13,16H2,1-4H3,(H,26,33)(H,27,28,32). The van der Waals surface area contributed by atoms with Crippen LogP contribution >= 0.6 is 11.3 Å². The van der Waals surface area contributed by atoms with Crippen LogP contribution in [0.15, 0.2) is 60.4 Å².